The van der Waals surface area contributed by atoms with E-state index in [2.05, 4.69) is 30.8 Å². The monoisotopic (exact) mass is 226 g/mol. The van der Waals surface area contributed by atoms with Gasteiger partial charge in [-0.2, -0.15) is 0 Å². The highest BCUT2D eigenvalue weighted by atomic mass is 16.4. The fraction of sp³-hybridized carbons (Fsp3) is 0.917. The summed E-state index contributed by atoms with van der Waals surface area (Å²) in [5.74, 6) is 0.343. The maximum absolute atomic E-state index is 11.3. The van der Waals surface area contributed by atoms with Gasteiger partial charge in [0.15, 0.2) is 0 Å². The molecule has 92 valence electrons. The highest BCUT2D eigenvalue weighted by Crippen LogP contribution is 2.37. The molecule has 0 bridgehead atoms. The molecule has 0 radical (unpaired) electrons. The van der Waals surface area contributed by atoms with E-state index >= 15 is 0 Å². The Morgan fingerprint density at radius 2 is 2.00 bits per heavy atom. The Labute approximate surface area is 97.2 Å². The molecule has 1 N–H and O–H groups in total. The third kappa shape index (κ3) is 2.23. The first kappa shape index (κ1) is 11.9. The van der Waals surface area contributed by atoms with E-state index in [9.17, 15) is 9.90 Å². The molecule has 2 fully saturated rings. The summed E-state index contributed by atoms with van der Waals surface area (Å²) in [5, 5.41) is 9.30. The number of nitrogens with zero attached hydrogens (tertiary/aromatic N) is 2. The fourth-order valence-corrected chi connectivity index (χ4v) is 2.95. The predicted octanol–water partition coefficient (Wildman–Crippen LogP) is 0.731. The molecule has 1 aliphatic heterocycles. The third-order valence-electron chi connectivity index (χ3n) is 3.98. The lowest BCUT2D eigenvalue weighted by Gasteiger charge is -2.25. The van der Waals surface area contributed by atoms with Crippen LogP contribution in [0.2, 0.25) is 0 Å². The van der Waals surface area contributed by atoms with Crippen LogP contribution in [0.4, 0.5) is 0 Å². The summed E-state index contributed by atoms with van der Waals surface area (Å²) >= 11 is 0. The van der Waals surface area contributed by atoms with Crippen LogP contribution in [-0.2, 0) is 4.79 Å². The van der Waals surface area contributed by atoms with Crippen molar-refractivity contribution in [1.82, 2.24) is 9.80 Å². The van der Waals surface area contributed by atoms with Crippen molar-refractivity contribution < 1.29 is 9.90 Å². The molecule has 1 aliphatic carbocycles. The number of hydrogen-bond acceptors (Lipinski definition) is 3. The minimum atomic E-state index is -0.630. The van der Waals surface area contributed by atoms with E-state index in [1.54, 1.807) is 0 Å². The lowest BCUT2D eigenvalue weighted by atomic mass is 10.1. The van der Waals surface area contributed by atoms with Gasteiger partial charge >= 0.3 is 5.97 Å². The van der Waals surface area contributed by atoms with E-state index in [-0.39, 0.29) is 6.04 Å². The minimum Gasteiger partial charge on any atom is -0.480 e. The molecule has 0 aromatic heterocycles. The predicted molar refractivity (Wildman–Crippen MR) is 62.4 cm³/mol. The molecule has 1 heterocycles. The lowest BCUT2D eigenvalue weighted by Crippen LogP contribution is -2.43. The Morgan fingerprint density at radius 1 is 1.38 bits per heavy atom. The molecule has 3 atom stereocenters. The van der Waals surface area contributed by atoms with Crippen molar-refractivity contribution >= 4 is 5.97 Å². The van der Waals surface area contributed by atoms with E-state index in [1.807, 2.05) is 0 Å². The van der Waals surface area contributed by atoms with E-state index in [0.717, 1.165) is 25.9 Å². The smallest absolute Gasteiger partial charge is 0.321 e. The summed E-state index contributed by atoms with van der Waals surface area (Å²) in [4.78, 5) is 15.7. The van der Waals surface area contributed by atoms with E-state index in [4.69, 9.17) is 0 Å². The molecule has 16 heavy (non-hydrogen) atoms. The van der Waals surface area contributed by atoms with Gasteiger partial charge in [0.25, 0.3) is 0 Å². The summed E-state index contributed by atoms with van der Waals surface area (Å²) in [6.45, 7) is 4.05. The normalized spacial score (nSPS) is 33.2. The second-order valence-electron chi connectivity index (χ2n) is 5.58. The summed E-state index contributed by atoms with van der Waals surface area (Å²) in [6, 6.07) is 0.271. The standard InChI is InChI=1S/C12H22N2O2/c1-8-6-14(7-10(8)13(2)3)11(12(15)16)9-4-5-9/h8-11H,4-7H2,1-3H3,(H,15,16). The van der Waals surface area contributed by atoms with E-state index < -0.39 is 5.97 Å². The molecule has 2 rings (SSSR count). The first-order chi connectivity index (χ1) is 7.50. The first-order valence-corrected chi connectivity index (χ1v) is 6.14. The average molecular weight is 226 g/mol. The van der Waals surface area contributed by atoms with Crippen molar-refractivity contribution in [3.8, 4) is 0 Å². The molecule has 1 saturated heterocycles. The van der Waals surface area contributed by atoms with Gasteiger partial charge in [-0.25, -0.2) is 0 Å². The Kier molecular flexibility index (Phi) is 3.22. The maximum Gasteiger partial charge on any atom is 0.321 e. The number of rotatable bonds is 4. The number of carbonyl (C=O) groups is 1. The average Bonchev–Trinajstić information content (AvgIpc) is 2.89. The van der Waals surface area contributed by atoms with Gasteiger partial charge in [-0.1, -0.05) is 6.92 Å². The van der Waals surface area contributed by atoms with Crippen LogP contribution in [0.1, 0.15) is 19.8 Å². The highest BCUT2D eigenvalue weighted by Gasteiger charge is 2.44. The lowest BCUT2D eigenvalue weighted by molar-refractivity contribution is -0.143. The van der Waals surface area contributed by atoms with Crippen LogP contribution < -0.4 is 0 Å². The molecule has 3 unspecified atom stereocenters. The van der Waals surface area contributed by atoms with Crippen molar-refractivity contribution in [3.63, 3.8) is 0 Å². The molecular weight excluding hydrogens is 204 g/mol. The number of carboxylic acids is 1. The number of aliphatic carboxylic acids is 1. The maximum atomic E-state index is 11.3. The Bertz CT molecular complexity index is 276. The van der Waals surface area contributed by atoms with E-state index in [1.165, 1.54) is 0 Å². The van der Waals surface area contributed by atoms with Crippen molar-refractivity contribution in [2.45, 2.75) is 31.8 Å². The summed E-state index contributed by atoms with van der Waals surface area (Å²) in [6.07, 6.45) is 2.18. The van der Waals surface area contributed by atoms with Gasteiger partial charge in [-0.3, -0.25) is 9.69 Å². The Morgan fingerprint density at radius 3 is 2.38 bits per heavy atom. The van der Waals surface area contributed by atoms with Gasteiger partial charge in [0.05, 0.1) is 0 Å². The number of likely N-dealkylation sites (N-methyl/N-ethyl adjacent to an activating group) is 1. The topological polar surface area (TPSA) is 43.8 Å². The van der Waals surface area contributed by atoms with Crippen molar-refractivity contribution in [2.24, 2.45) is 11.8 Å². The third-order valence-corrected chi connectivity index (χ3v) is 3.98. The fourth-order valence-electron chi connectivity index (χ4n) is 2.95. The zero-order chi connectivity index (χ0) is 11.9. The van der Waals surface area contributed by atoms with Gasteiger partial charge in [-0.05, 0) is 38.8 Å². The van der Waals surface area contributed by atoms with Gasteiger partial charge in [0.1, 0.15) is 6.04 Å². The van der Waals surface area contributed by atoms with E-state index in [0.29, 0.717) is 17.9 Å². The molecule has 0 spiro atoms. The van der Waals surface area contributed by atoms with Crippen LogP contribution in [0.3, 0.4) is 0 Å². The van der Waals surface area contributed by atoms with Gasteiger partial charge in [-0.15, -0.1) is 0 Å². The molecule has 0 aromatic carbocycles. The largest absolute Gasteiger partial charge is 0.480 e. The highest BCUT2D eigenvalue weighted by molar-refractivity contribution is 5.74. The zero-order valence-corrected chi connectivity index (χ0v) is 10.4. The van der Waals surface area contributed by atoms with Gasteiger partial charge in [0, 0.05) is 19.1 Å². The number of carboxylic acid groups (broad SMARTS) is 1. The Hall–Kier alpha value is -0.610. The van der Waals surface area contributed by atoms with Crippen LogP contribution in [0.25, 0.3) is 0 Å². The second-order valence-corrected chi connectivity index (χ2v) is 5.58. The van der Waals surface area contributed by atoms with Gasteiger partial charge in [0.2, 0.25) is 0 Å². The van der Waals surface area contributed by atoms with Crippen molar-refractivity contribution in [2.75, 3.05) is 27.2 Å². The van der Waals surface area contributed by atoms with Crippen molar-refractivity contribution in [1.29, 1.82) is 0 Å². The Balaban J connectivity index is 2.02. The van der Waals surface area contributed by atoms with Crippen LogP contribution in [0.15, 0.2) is 0 Å². The molecule has 0 aromatic rings. The molecule has 4 nitrogen and oxygen atoms in total. The van der Waals surface area contributed by atoms with Crippen LogP contribution in [-0.4, -0.2) is 60.1 Å². The molecular formula is C12H22N2O2. The second kappa shape index (κ2) is 4.34. The summed E-state index contributed by atoms with van der Waals surface area (Å²) < 4.78 is 0. The first-order valence-electron chi connectivity index (χ1n) is 6.14. The van der Waals surface area contributed by atoms with Crippen LogP contribution >= 0.6 is 0 Å². The van der Waals surface area contributed by atoms with Gasteiger partial charge < -0.3 is 10.0 Å². The number of likely N-dealkylation sites (tertiary alicyclic amines) is 1. The summed E-state index contributed by atoms with van der Waals surface area (Å²) in [5.41, 5.74) is 0. The van der Waals surface area contributed by atoms with Crippen LogP contribution in [0, 0.1) is 11.8 Å². The summed E-state index contributed by atoms with van der Waals surface area (Å²) in [7, 11) is 4.16. The quantitative estimate of drug-likeness (QED) is 0.767. The number of hydrogen-bond donors (Lipinski definition) is 1. The SMILES string of the molecule is CC1CN(C(C(=O)O)C2CC2)CC1N(C)C. The minimum absolute atomic E-state index is 0.229. The zero-order valence-electron chi connectivity index (χ0n) is 10.4. The molecule has 4 heteroatoms. The van der Waals surface area contributed by atoms with Crippen molar-refractivity contribution in [3.05, 3.63) is 0 Å². The molecule has 2 aliphatic rings. The molecule has 1 saturated carbocycles. The molecule has 0 amide bonds. The van der Waals surface area contributed by atoms with Crippen LogP contribution in [0.5, 0.6) is 0 Å².